The van der Waals surface area contributed by atoms with E-state index in [0.29, 0.717) is 19.1 Å². The van der Waals surface area contributed by atoms with Crippen molar-refractivity contribution >= 4 is 24.0 Å². The molecule has 0 saturated carbocycles. The second kappa shape index (κ2) is 11.7. The Morgan fingerprint density at radius 1 is 1.15 bits per heavy atom. The van der Waals surface area contributed by atoms with E-state index in [4.69, 9.17) is 9.47 Å². The summed E-state index contributed by atoms with van der Waals surface area (Å²) in [7, 11) is 0. The summed E-state index contributed by atoms with van der Waals surface area (Å²) in [6, 6.07) is 6.57. The predicted octanol–water partition coefficient (Wildman–Crippen LogP) is 2.51. The number of ether oxygens (including phenoxy) is 2. The molecule has 0 saturated heterocycles. The Balaban J connectivity index is 2.30. The molecule has 0 aromatic heterocycles. The molecule has 0 fully saturated rings. The molecule has 26 heavy (non-hydrogen) atoms. The molecule has 0 spiro atoms. The zero-order valence-corrected chi connectivity index (χ0v) is 15.4. The fourth-order valence-corrected chi connectivity index (χ4v) is 1.87. The van der Waals surface area contributed by atoms with E-state index in [2.05, 4.69) is 10.6 Å². The van der Waals surface area contributed by atoms with Crippen molar-refractivity contribution in [3.63, 3.8) is 0 Å². The average Bonchev–Trinajstić information content (AvgIpc) is 2.59. The molecule has 7 heteroatoms. The number of hydrogen-bond donors (Lipinski definition) is 2. The van der Waals surface area contributed by atoms with E-state index in [1.165, 1.54) is 6.08 Å². The molecule has 3 amide bonds. The first kappa shape index (κ1) is 21.2. The van der Waals surface area contributed by atoms with Gasteiger partial charge in [-0.1, -0.05) is 26.0 Å². The largest absolute Gasteiger partial charge is 0.494 e. The zero-order chi connectivity index (χ0) is 19.4. The maximum absolute atomic E-state index is 11.6. The van der Waals surface area contributed by atoms with Crippen molar-refractivity contribution in [3.05, 3.63) is 35.9 Å². The minimum Gasteiger partial charge on any atom is -0.494 e. The van der Waals surface area contributed by atoms with E-state index in [1.54, 1.807) is 30.3 Å². The van der Waals surface area contributed by atoms with Gasteiger partial charge in [-0.3, -0.25) is 10.1 Å². The lowest BCUT2D eigenvalue weighted by molar-refractivity contribution is -0.143. The van der Waals surface area contributed by atoms with Crippen molar-refractivity contribution in [2.24, 2.45) is 5.92 Å². The van der Waals surface area contributed by atoms with Gasteiger partial charge in [-0.25, -0.2) is 9.59 Å². The Morgan fingerprint density at radius 3 is 2.46 bits per heavy atom. The van der Waals surface area contributed by atoms with Crippen LogP contribution in [0.3, 0.4) is 0 Å². The smallest absolute Gasteiger partial charge is 0.331 e. The van der Waals surface area contributed by atoms with E-state index >= 15 is 0 Å². The Morgan fingerprint density at radius 2 is 1.85 bits per heavy atom. The van der Waals surface area contributed by atoms with Crippen LogP contribution >= 0.6 is 0 Å². The van der Waals surface area contributed by atoms with Crippen molar-refractivity contribution in [2.45, 2.75) is 27.2 Å². The lowest BCUT2D eigenvalue weighted by Crippen LogP contribution is -2.41. The fraction of sp³-hybridized carbons (Fsp3) is 0.421. The second-order valence-electron chi connectivity index (χ2n) is 5.93. The number of carbonyl (C=O) groups excluding carboxylic acids is 3. The number of rotatable bonds is 9. The first-order valence-electron chi connectivity index (χ1n) is 8.56. The number of urea groups is 1. The number of imide groups is 1. The molecule has 0 aliphatic carbocycles. The summed E-state index contributed by atoms with van der Waals surface area (Å²) >= 11 is 0. The molecular formula is C19H26N2O5. The van der Waals surface area contributed by atoms with Crippen LogP contribution in [-0.2, 0) is 14.3 Å². The summed E-state index contributed by atoms with van der Waals surface area (Å²) < 4.78 is 10.1. The summed E-state index contributed by atoms with van der Waals surface area (Å²) in [4.78, 5) is 34.6. The van der Waals surface area contributed by atoms with Gasteiger partial charge >= 0.3 is 12.0 Å². The highest BCUT2D eigenvalue weighted by Gasteiger charge is 2.09. The molecule has 0 heterocycles. The molecule has 1 aromatic carbocycles. The maximum Gasteiger partial charge on any atom is 0.331 e. The Labute approximate surface area is 153 Å². The molecule has 0 atom stereocenters. The molecule has 142 valence electrons. The highest BCUT2D eigenvalue weighted by Crippen LogP contribution is 2.13. The van der Waals surface area contributed by atoms with Gasteiger partial charge in [0, 0.05) is 12.6 Å². The van der Waals surface area contributed by atoms with Crippen molar-refractivity contribution in [3.8, 4) is 5.75 Å². The number of nitrogens with one attached hydrogen (secondary N) is 2. The SMILES string of the molecule is CCOc1ccc(/C=C/C(=O)OCC(=O)NC(=O)NCCC(C)C)cc1. The van der Waals surface area contributed by atoms with Gasteiger partial charge in [-0.05, 0) is 43.0 Å². The van der Waals surface area contributed by atoms with Crippen molar-refractivity contribution in [1.29, 1.82) is 0 Å². The van der Waals surface area contributed by atoms with Crippen LogP contribution < -0.4 is 15.4 Å². The first-order valence-corrected chi connectivity index (χ1v) is 8.56. The monoisotopic (exact) mass is 362 g/mol. The van der Waals surface area contributed by atoms with E-state index in [1.807, 2.05) is 20.8 Å². The van der Waals surface area contributed by atoms with Gasteiger partial charge in [-0.2, -0.15) is 0 Å². The number of hydrogen-bond acceptors (Lipinski definition) is 5. The minimum absolute atomic E-state index is 0.453. The van der Waals surface area contributed by atoms with Gasteiger partial charge in [0.15, 0.2) is 6.61 Å². The van der Waals surface area contributed by atoms with Crippen LogP contribution in [0.5, 0.6) is 5.75 Å². The van der Waals surface area contributed by atoms with Crippen molar-refractivity contribution < 1.29 is 23.9 Å². The summed E-state index contributed by atoms with van der Waals surface area (Å²) in [5, 5.41) is 4.65. The lowest BCUT2D eigenvalue weighted by atomic mass is 10.1. The molecule has 0 unspecified atom stereocenters. The summed E-state index contributed by atoms with van der Waals surface area (Å²) in [5.41, 5.74) is 0.791. The number of benzene rings is 1. The van der Waals surface area contributed by atoms with Crippen LogP contribution in [0.4, 0.5) is 4.79 Å². The van der Waals surface area contributed by atoms with Crippen LogP contribution in [0.2, 0.25) is 0 Å². The zero-order valence-electron chi connectivity index (χ0n) is 15.4. The first-order chi connectivity index (χ1) is 12.4. The third-order valence-corrected chi connectivity index (χ3v) is 3.21. The summed E-state index contributed by atoms with van der Waals surface area (Å²) in [6.07, 6.45) is 3.59. The molecular weight excluding hydrogens is 336 g/mol. The number of amides is 3. The molecule has 2 N–H and O–H groups in total. The van der Waals surface area contributed by atoms with Crippen molar-refractivity contribution in [1.82, 2.24) is 10.6 Å². The van der Waals surface area contributed by atoms with Crippen LogP contribution in [0.15, 0.2) is 30.3 Å². The van der Waals surface area contributed by atoms with Gasteiger partial charge in [0.1, 0.15) is 5.75 Å². The molecule has 0 aliphatic rings. The summed E-state index contributed by atoms with van der Waals surface area (Å²) in [6.45, 7) is 6.50. The topological polar surface area (TPSA) is 93.7 Å². The van der Waals surface area contributed by atoms with Crippen LogP contribution in [0.1, 0.15) is 32.8 Å². The molecule has 0 bridgehead atoms. The number of esters is 1. The highest BCUT2D eigenvalue weighted by molar-refractivity contribution is 5.96. The van der Waals surface area contributed by atoms with Crippen LogP contribution in [0, 0.1) is 5.92 Å². The predicted molar refractivity (Wildman–Crippen MR) is 98.6 cm³/mol. The van der Waals surface area contributed by atoms with Crippen LogP contribution in [0.25, 0.3) is 6.08 Å². The minimum atomic E-state index is -0.685. The van der Waals surface area contributed by atoms with E-state index in [0.717, 1.165) is 17.7 Å². The third-order valence-electron chi connectivity index (χ3n) is 3.21. The second-order valence-corrected chi connectivity index (χ2v) is 5.93. The molecule has 7 nitrogen and oxygen atoms in total. The highest BCUT2D eigenvalue weighted by atomic mass is 16.5. The van der Waals surface area contributed by atoms with Crippen molar-refractivity contribution in [2.75, 3.05) is 19.8 Å². The maximum atomic E-state index is 11.6. The molecule has 1 aromatic rings. The van der Waals surface area contributed by atoms with Gasteiger partial charge in [0.25, 0.3) is 5.91 Å². The third kappa shape index (κ3) is 9.46. The van der Waals surface area contributed by atoms with Gasteiger partial charge in [0.05, 0.1) is 6.61 Å². The molecule has 1 rings (SSSR count). The van der Waals surface area contributed by atoms with E-state index in [-0.39, 0.29) is 0 Å². The quantitative estimate of drug-likeness (QED) is 0.520. The number of carbonyl (C=O) groups is 3. The Kier molecular flexibility index (Phi) is 9.53. The molecule has 0 radical (unpaired) electrons. The normalized spacial score (nSPS) is 10.6. The fourth-order valence-electron chi connectivity index (χ4n) is 1.87. The summed E-state index contributed by atoms with van der Waals surface area (Å²) in [5.74, 6) is -0.159. The van der Waals surface area contributed by atoms with Gasteiger partial charge in [0.2, 0.25) is 0 Å². The average molecular weight is 362 g/mol. The lowest BCUT2D eigenvalue weighted by Gasteiger charge is -2.08. The van der Waals surface area contributed by atoms with Crippen LogP contribution in [-0.4, -0.2) is 37.7 Å². The molecule has 0 aliphatic heterocycles. The van der Waals surface area contributed by atoms with Gasteiger partial charge in [-0.15, -0.1) is 0 Å². The van der Waals surface area contributed by atoms with E-state index in [9.17, 15) is 14.4 Å². The Bertz CT molecular complexity index is 623. The van der Waals surface area contributed by atoms with Gasteiger partial charge < -0.3 is 14.8 Å². The Hall–Kier alpha value is -2.83. The van der Waals surface area contributed by atoms with E-state index < -0.39 is 24.5 Å². The standard InChI is InChI=1S/C19H26N2O5/c1-4-25-16-8-5-15(6-9-16)7-10-18(23)26-13-17(22)21-19(24)20-12-11-14(2)3/h5-10,14H,4,11-13H2,1-3H3,(H2,20,21,22,24)/b10-7+.